The second kappa shape index (κ2) is 5.25. The molecule has 1 aromatic rings. The predicted octanol–water partition coefficient (Wildman–Crippen LogP) is 2.64. The summed E-state index contributed by atoms with van der Waals surface area (Å²) in [4.78, 5) is 13.2. The molecule has 0 aliphatic rings. The highest BCUT2D eigenvalue weighted by molar-refractivity contribution is 6.16. The quantitative estimate of drug-likeness (QED) is 0.483. The molecular formula is C8H6ClF3N2O4. The predicted molar refractivity (Wildman–Crippen MR) is 53.7 cm³/mol. The van der Waals surface area contributed by atoms with Crippen LogP contribution in [0.1, 0.15) is 5.69 Å². The maximum Gasteiger partial charge on any atom is 0.573 e. The molecule has 6 nitrogen and oxygen atoms in total. The minimum absolute atomic E-state index is 0.00487. The van der Waals surface area contributed by atoms with Crippen LogP contribution >= 0.6 is 11.6 Å². The molecule has 0 aliphatic carbocycles. The molecule has 0 spiro atoms. The van der Waals surface area contributed by atoms with Gasteiger partial charge in [0.05, 0.1) is 23.6 Å². The van der Waals surface area contributed by atoms with E-state index in [1.165, 1.54) is 0 Å². The van der Waals surface area contributed by atoms with Crippen molar-refractivity contribution in [3.63, 3.8) is 0 Å². The summed E-state index contributed by atoms with van der Waals surface area (Å²) in [6.45, 7) is 0. The van der Waals surface area contributed by atoms with Crippen molar-refractivity contribution in [3.05, 3.63) is 21.9 Å². The fourth-order valence-electron chi connectivity index (χ4n) is 1.10. The van der Waals surface area contributed by atoms with Crippen LogP contribution in [0, 0.1) is 10.1 Å². The van der Waals surface area contributed by atoms with Crippen molar-refractivity contribution in [2.24, 2.45) is 0 Å². The number of rotatable bonds is 4. The highest BCUT2D eigenvalue weighted by Crippen LogP contribution is 2.39. The van der Waals surface area contributed by atoms with Gasteiger partial charge in [0, 0.05) is 6.07 Å². The van der Waals surface area contributed by atoms with Gasteiger partial charge in [-0.15, -0.1) is 24.8 Å². The molecule has 0 atom stereocenters. The second-order valence-electron chi connectivity index (χ2n) is 2.91. The van der Waals surface area contributed by atoms with Gasteiger partial charge in [0.2, 0.25) is 0 Å². The van der Waals surface area contributed by atoms with Gasteiger partial charge in [-0.25, -0.2) is 4.98 Å². The summed E-state index contributed by atoms with van der Waals surface area (Å²) in [6.07, 6.45) is -5.10. The van der Waals surface area contributed by atoms with E-state index in [9.17, 15) is 23.3 Å². The Labute approximate surface area is 103 Å². The van der Waals surface area contributed by atoms with Gasteiger partial charge < -0.3 is 9.47 Å². The smallest absolute Gasteiger partial charge is 0.478 e. The molecule has 0 N–H and O–H groups in total. The lowest BCUT2D eigenvalue weighted by Gasteiger charge is -2.12. The SMILES string of the molecule is COc1nc(CCl)cc([N+](=O)[O-])c1OC(F)(F)F. The number of halogens is 4. The number of nitro groups is 1. The minimum Gasteiger partial charge on any atom is -0.478 e. The first-order chi connectivity index (χ1) is 8.28. The van der Waals surface area contributed by atoms with Crippen molar-refractivity contribution in [2.75, 3.05) is 7.11 Å². The van der Waals surface area contributed by atoms with Crippen LogP contribution in [0.2, 0.25) is 0 Å². The Morgan fingerprint density at radius 1 is 1.56 bits per heavy atom. The third kappa shape index (κ3) is 3.36. The van der Waals surface area contributed by atoms with Crippen LogP contribution < -0.4 is 9.47 Å². The van der Waals surface area contributed by atoms with E-state index < -0.39 is 28.6 Å². The summed E-state index contributed by atoms with van der Waals surface area (Å²) in [5.41, 5.74) is -0.926. The Balaban J connectivity index is 3.39. The Bertz CT molecular complexity index is 466. The summed E-state index contributed by atoms with van der Waals surface area (Å²) >= 11 is 5.41. The van der Waals surface area contributed by atoms with Gasteiger partial charge in [-0.2, -0.15) is 0 Å². The lowest BCUT2D eigenvalue weighted by atomic mass is 10.3. The van der Waals surface area contributed by atoms with Crippen molar-refractivity contribution in [1.82, 2.24) is 4.98 Å². The zero-order chi connectivity index (χ0) is 13.9. The van der Waals surface area contributed by atoms with E-state index in [0.29, 0.717) is 0 Å². The number of aromatic nitrogens is 1. The van der Waals surface area contributed by atoms with Crippen LogP contribution in [-0.2, 0) is 5.88 Å². The van der Waals surface area contributed by atoms with E-state index in [0.717, 1.165) is 13.2 Å². The van der Waals surface area contributed by atoms with E-state index in [2.05, 4.69) is 14.5 Å². The molecule has 0 fully saturated rings. The van der Waals surface area contributed by atoms with Crippen LogP contribution in [0.25, 0.3) is 0 Å². The lowest BCUT2D eigenvalue weighted by Crippen LogP contribution is -2.19. The number of pyridine rings is 1. The van der Waals surface area contributed by atoms with Crippen LogP contribution in [0.5, 0.6) is 11.6 Å². The zero-order valence-electron chi connectivity index (χ0n) is 8.82. The molecule has 0 unspecified atom stereocenters. The molecule has 0 saturated heterocycles. The van der Waals surface area contributed by atoms with Crippen molar-refractivity contribution >= 4 is 17.3 Å². The van der Waals surface area contributed by atoms with Crippen LogP contribution in [-0.4, -0.2) is 23.4 Å². The zero-order valence-corrected chi connectivity index (χ0v) is 9.58. The summed E-state index contributed by atoms with van der Waals surface area (Å²) < 4.78 is 44.5. The van der Waals surface area contributed by atoms with Gasteiger partial charge in [0.15, 0.2) is 0 Å². The molecular weight excluding hydrogens is 281 g/mol. The molecule has 0 aliphatic heterocycles. The highest BCUT2D eigenvalue weighted by Gasteiger charge is 2.37. The monoisotopic (exact) mass is 286 g/mol. The number of hydrogen-bond donors (Lipinski definition) is 0. The third-order valence-corrected chi connectivity index (χ3v) is 1.99. The van der Waals surface area contributed by atoms with E-state index in [-0.39, 0.29) is 11.6 Å². The first-order valence-corrected chi connectivity index (χ1v) is 4.86. The molecule has 1 heterocycles. The fourth-order valence-corrected chi connectivity index (χ4v) is 1.24. The Kier molecular flexibility index (Phi) is 4.17. The summed E-state index contributed by atoms with van der Waals surface area (Å²) in [6, 6.07) is 0.788. The van der Waals surface area contributed by atoms with E-state index >= 15 is 0 Å². The third-order valence-electron chi connectivity index (χ3n) is 1.72. The number of ether oxygens (including phenoxy) is 2. The van der Waals surface area contributed by atoms with E-state index in [4.69, 9.17) is 11.6 Å². The molecule has 18 heavy (non-hydrogen) atoms. The van der Waals surface area contributed by atoms with Crippen molar-refractivity contribution in [3.8, 4) is 11.6 Å². The van der Waals surface area contributed by atoms with Gasteiger partial charge in [-0.3, -0.25) is 10.1 Å². The maximum atomic E-state index is 12.1. The average molecular weight is 287 g/mol. The first kappa shape index (κ1) is 14.3. The number of methoxy groups -OCH3 is 1. The average Bonchev–Trinajstić information content (AvgIpc) is 2.26. The molecule has 1 rings (SSSR count). The normalized spacial score (nSPS) is 11.2. The molecule has 0 amide bonds. The topological polar surface area (TPSA) is 74.5 Å². The van der Waals surface area contributed by atoms with Gasteiger partial charge in [0.25, 0.3) is 11.6 Å². The van der Waals surface area contributed by atoms with Crippen molar-refractivity contribution in [2.45, 2.75) is 12.2 Å². The molecule has 100 valence electrons. The molecule has 0 saturated carbocycles. The molecule has 0 bridgehead atoms. The van der Waals surface area contributed by atoms with Crippen molar-refractivity contribution in [1.29, 1.82) is 0 Å². The summed E-state index contributed by atoms with van der Waals surface area (Å²) in [5, 5.41) is 10.7. The molecule has 0 aromatic carbocycles. The Hall–Kier alpha value is -1.77. The van der Waals surface area contributed by atoms with Gasteiger partial charge in [-0.1, -0.05) is 0 Å². The maximum absolute atomic E-state index is 12.1. The van der Waals surface area contributed by atoms with E-state index in [1.807, 2.05) is 0 Å². The van der Waals surface area contributed by atoms with Crippen LogP contribution in [0.3, 0.4) is 0 Å². The minimum atomic E-state index is -5.10. The van der Waals surface area contributed by atoms with Crippen molar-refractivity contribution < 1.29 is 27.6 Å². The number of hydrogen-bond acceptors (Lipinski definition) is 5. The lowest BCUT2D eigenvalue weighted by molar-refractivity contribution is -0.388. The second-order valence-corrected chi connectivity index (χ2v) is 3.18. The Morgan fingerprint density at radius 3 is 2.56 bits per heavy atom. The standard InChI is InChI=1S/C8H6ClF3N2O4/c1-17-7-6(18-8(10,11)12)5(14(15)16)2-4(3-9)13-7/h2H,3H2,1H3. The highest BCUT2D eigenvalue weighted by atomic mass is 35.5. The number of nitrogens with zero attached hydrogens (tertiary/aromatic N) is 2. The van der Waals surface area contributed by atoms with Gasteiger partial charge in [-0.05, 0) is 0 Å². The van der Waals surface area contributed by atoms with Gasteiger partial charge in [0.1, 0.15) is 0 Å². The molecule has 0 radical (unpaired) electrons. The summed E-state index contributed by atoms with van der Waals surface area (Å²) in [7, 11) is 1.01. The summed E-state index contributed by atoms with van der Waals surface area (Å²) in [5.74, 6) is -1.98. The van der Waals surface area contributed by atoms with Crippen LogP contribution in [0.4, 0.5) is 18.9 Å². The fraction of sp³-hybridized carbons (Fsp3) is 0.375. The Morgan fingerprint density at radius 2 is 2.17 bits per heavy atom. The first-order valence-electron chi connectivity index (χ1n) is 4.32. The molecule has 10 heteroatoms. The molecule has 1 aromatic heterocycles. The van der Waals surface area contributed by atoms with Crippen LogP contribution in [0.15, 0.2) is 6.07 Å². The van der Waals surface area contributed by atoms with E-state index in [1.54, 1.807) is 0 Å². The number of alkyl halides is 4. The van der Waals surface area contributed by atoms with Gasteiger partial charge >= 0.3 is 12.0 Å². The largest absolute Gasteiger partial charge is 0.573 e.